The maximum absolute atomic E-state index is 15.2. The van der Waals surface area contributed by atoms with Gasteiger partial charge in [0.2, 0.25) is 65.0 Å². The lowest BCUT2D eigenvalue weighted by molar-refractivity contribution is -0.142. The molecule has 10 atom stereocenters. The molecule has 11 amide bonds. The van der Waals surface area contributed by atoms with Gasteiger partial charge in [-0.25, -0.2) is 0 Å². The van der Waals surface area contributed by atoms with Gasteiger partial charge in [0.05, 0.1) is 6.61 Å². The van der Waals surface area contributed by atoms with E-state index in [4.69, 9.17) is 40.3 Å². The van der Waals surface area contributed by atoms with E-state index in [1.165, 1.54) is 43.0 Å². The number of primary amides is 1. The van der Waals surface area contributed by atoms with Crippen molar-refractivity contribution in [1.29, 1.82) is 0 Å². The average Bonchev–Trinajstić information content (AvgIpc) is 1.43. The predicted octanol–water partition coefficient (Wildman–Crippen LogP) is 1.33. The zero-order valence-electron chi connectivity index (χ0n) is 62.0. The van der Waals surface area contributed by atoms with Crippen molar-refractivity contribution in [2.45, 2.75) is 145 Å². The second kappa shape index (κ2) is 40.2. The summed E-state index contributed by atoms with van der Waals surface area (Å²) in [4.78, 5) is 171. The summed E-state index contributed by atoms with van der Waals surface area (Å²) < 4.78 is 0. The number of halogens is 1. The number of likely N-dealkylation sites (tertiary alicyclic amines) is 1. The topological polar surface area (TPSA) is 510 Å². The smallest absolute Gasteiger partial charge is 0.245 e. The van der Waals surface area contributed by atoms with Crippen LogP contribution < -0.4 is 76.5 Å². The highest BCUT2D eigenvalue weighted by Crippen LogP contribution is 2.25. The number of phenols is 1. The number of hydrogen-bond donors (Lipinski definition) is 17. The van der Waals surface area contributed by atoms with Crippen LogP contribution in [-0.2, 0) is 84.8 Å². The van der Waals surface area contributed by atoms with Crippen LogP contribution in [0.3, 0.4) is 0 Å². The zero-order chi connectivity index (χ0) is 80.5. The second-order valence-electron chi connectivity index (χ2n) is 27.6. The number of aromatic hydroxyl groups is 1. The van der Waals surface area contributed by atoms with E-state index in [1.807, 2.05) is 78.9 Å². The molecule has 22 N–H and O–H groups in total. The molecule has 0 saturated carbocycles. The molecule has 2 heterocycles. The van der Waals surface area contributed by atoms with Gasteiger partial charge >= 0.3 is 0 Å². The Balaban J connectivity index is 0.993. The quantitative estimate of drug-likeness (QED) is 0.0147. The fraction of sp³-hybridized carbons (Fsp3) is 0.338. The Morgan fingerprint density at radius 3 is 1.40 bits per heavy atom. The van der Waals surface area contributed by atoms with Crippen LogP contribution in [0.4, 0.5) is 0 Å². The lowest BCUT2D eigenvalue weighted by Crippen LogP contribution is -2.61. The van der Waals surface area contributed by atoms with E-state index in [0.29, 0.717) is 50.2 Å². The third kappa shape index (κ3) is 24.2. The number of para-hydroxylation sites is 1. The summed E-state index contributed by atoms with van der Waals surface area (Å²) in [5.74, 6) is -9.80. The monoisotopic (exact) mass is 1550 g/mol. The van der Waals surface area contributed by atoms with Gasteiger partial charge in [0, 0.05) is 80.8 Å². The van der Waals surface area contributed by atoms with Crippen LogP contribution in [0.2, 0.25) is 5.02 Å². The lowest BCUT2D eigenvalue weighted by atomic mass is 9.99. The molecule has 1 aromatic heterocycles. The van der Waals surface area contributed by atoms with Crippen molar-refractivity contribution >= 4 is 121 Å². The first-order valence-electron chi connectivity index (χ1n) is 36.7. The number of fused-ring (bicyclic) bond motifs is 3. The number of guanidine groups is 2. The number of aliphatic hydroxyl groups excluding tert-OH is 1. The number of aromatic nitrogens is 1. The Labute approximate surface area is 650 Å². The minimum atomic E-state index is -1.86. The molecular weight excluding hydrogens is 1460 g/mol. The number of aliphatic hydroxyl groups is 1. The molecule has 0 spiro atoms. The fourth-order valence-electron chi connectivity index (χ4n) is 13.3. The van der Waals surface area contributed by atoms with E-state index in [1.54, 1.807) is 60.8 Å². The number of H-pyrrole nitrogens is 1. The highest BCUT2D eigenvalue weighted by atomic mass is 35.5. The van der Waals surface area contributed by atoms with E-state index in [9.17, 15) is 39.0 Å². The number of nitrogens with one attached hydrogen (secondary N) is 10. The molecule has 7 aromatic carbocycles. The van der Waals surface area contributed by atoms with Crippen LogP contribution in [0.25, 0.3) is 32.4 Å². The Morgan fingerprint density at radius 2 is 0.902 bits per heavy atom. The van der Waals surface area contributed by atoms with Crippen molar-refractivity contribution in [2.24, 2.45) is 38.7 Å². The first-order chi connectivity index (χ1) is 53.7. The molecule has 32 heteroatoms. The average molecular weight is 1550 g/mol. The number of phenolic OH excluding ortho intramolecular Hbond substituents is 1. The summed E-state index contributed by atoms with van der Waals surface area (Å²) in [6.45, 7) is 1.66. The first-order valence-corrected chi connectivity index (χ1v) is 37.1. The van der Waals surface area contributed by atoms with E-state index >= 15 is 24.0 Å². The molecule has 9 rings (SSSR count). The molecule has 590 valence electrons. The van der Waals surface area contributed by atoms with E-state index in [0.717, 1.165) is 21.5 Å². The standard InChI is InChI=1S/C80H95ClN18O13/c1-45(69(82)103)90-77(111)68-20-11-35-99(68)78(112)61(19-10-34-88-80(85)86)93-73(107)65(41-50-22-28-52-13-4-6-15-54(52)37-50)94-70(104)60(18-9-33-87-79(83)84)92-72(106)63(39-48-25-31-57(102)32-26-48)96-76(110)67(44-100)98-75(109)66(42-55-43-89-59-17-8-7-16-58(55)59)97-74(108)64(38-47-23-29-56(81)30-24-47)95-71(105)62(91-46(2)101)40-49-21-27-51-12-3-5-14-53(51)36-49/h3-8,12-17,21-32,36-37,43,45,60-68,89,100,102H,9-11,18-20,33-35,38-42,44H2,1-2H3,(H2,82,103)(H,90,111)(H,91,101)(H,92,106)(H,93,107)(H,94,104)(H,95,105)(H,96,110)(H,97,108)(H,98,109)(H4,83,84,87)(H4,85,86,88)/t45-,60-,61-,62-,63-,64-,65-,66+,67-,68-/m0/s1. The number of benzene rings is 7. The van der Waals surface area contributed by atoms with Crippen LogP contribution in [0.15, 0.2) is 174 Å². The fourth-order valence-corrected chi connectivity index (χ4v) is 13.4. The minimum Gasteiger partial charge on any atom is -0.508 e. The van der Waals surface area contributed by atoms with Gasteiger partial charge in [0.15, 0.2) is 11.9 Å². The number of aliphatic imine (C=N–C) groups is 2. The summed E-state index contributed by atoms with van der Waals surface area (Å²) in [7, 11) is 0. The Hall–Kier alpha value is -12.6. The van der Waals surface area contributed by atoms with Gasteiger partial charge < -0.3 is 96.6 Å². The van der Waals surface area contributed by atoms with Crippen molar-refractivity contribution < 1.29 is 63.0 Å². The minimum absolute atomic E-state index is 0.0242. The maximum atomic E-state index is 15.2. The van der Waals surface area contributed by atoms with Crippen LogP contribution >= 0.6 is 11.6 Å². The highest BCUT2D eigenvalue weighted by molar-refractivity contribution is 6.30. The van der Waals surface area contributed by atoms with Crippen LogP contribution in [0.5, 0.6) is 5.75 Å². The number of aromatic amines is 1. The van der Waals surface area contributed by atoms with Gasteiger partial charge in [-0.3, -0.25) is 62.7 Å². The van der Waals surface area contributed by atoms with Crippen LogP contribution in [0.1, 0.15) is 80.2 Å². The molecule has 1 aliphatic heterocycles. The Morgan fingerprint density at radius 1 is 0.491 bits per heavy atom. The Kier molecular flexibility index (Phi) is 29.9. The number of nitrogens with two attached hydrogens (primary N) is 5. The largest absolute Gasteiger partial charge is 0.508 e. The number of carbonyl (C=O) groups is 11. The number of carbonyl (C=O) groups excluding carboxylic acids is 11. The third-order valence-electron chi connectivity index (χ3n) is 19.1. The molecule has 0 radical (unpaired) electrons. The van der Waals surface area contributed by atoms with Gasteiger partial charge in [0.25, 0.3) is 0 Å². The van der Waals surface area contributed by atoms with Crippen LogP contribution in [-0.4, -0.2) is 184 Å². The molecule has 31 nitrogen and oxygen atoms in total. The molecule has 1 aliphatic rings. The number of hydrogen-bond acceptors (Lipinski definition) is 15. The maximum Gasteiger partial charge on any atom is 0.245 e. The van der Waals surface area contributed by atoms with Crippen molar-refractivity contribution in [2.75, 3.05) is 26.2 Å². The summed E-state index contributed by atoms with van der Waals surface area (Å²) in [5.41, 5.74) is 31.5. The number of amides is 11. The zero-order valence-corrected chi connectivity index (χ0v) is 62.7. The van der Waals surface area contributed by atoms with Crippen molar-refractivity contribution in [1.82, 2.24) is 57.7 Å². The Bertz CT molecular complexity index is 4760. The number of rotatable bonds is 38. The third-order valence-corrected chi connectivity index (χ3v) is 19.4. The number of nitrogens with zero attached hydrogens (tertiary/aromatic N) is 3. The molecule has 1 saturated heterocycles. The van der Waals surface area contributed by atoms with Gasteiger partial charge in [0.1, 0.15) is 66.2 Å². The predicted molar refractivity (Wildman–Crippen MR) is 424 cm³/mol. The van der Waals surface area contributed by atoms with Gasteiger partial charge in [-0.1, -0.05) is 139 Å². The second-order valence-corrected chi connectivity index (χ2v) is 28.1. The van der Waals surface area contributed by atoms with Gasteiger partial charge in [-0.2, -0.15) is 0 Å². The van der Waals surface area contributed by atoms with E-state index in [-0.39, 0.29) is 102 Å². The molecule has 1 fully saturated rings. The van der Waals surface area contributed by atoms with Crippen molar-refractivity contribution in [3.63, 3.8) is 0 Å². The highest BCUT2D eigenvalue weighted by Gasteiger charge is 2.40. The first kappa shape index (κ1) is 83.4. The summed E-state index contributed by atoms with van der Waals surface area (Å²) in [6.07, 6.45) is 1.27. The van der Waals surface area contributed by atoms with Gasteiger partial charge in [-0.05, 0) is 125 Å². The molecule has 0 aliphatic carbocycles. The van der Waals surface area contributed by atoms with Crippen molar-refractivity contribution in [3.05, 3.63) is 197 Å². The SMILES string of the molecule is CC(=O)N[C@@H](Cc1ccc2ccccc2c1)C(=O)N[C@@H](Cc1ccc(Cl)cc1)C(=O)N[C@H](Cc1c[nH]c2ccccc12)C(=O)N[C@@H](CO)C(=O)N[C@@H](Cc1ccc(O)cc1)C(=O)N[C@@H](CCCN=C(N)N)C(=O)N[C@@H](Cc1ccc2ccccc2c1)C(=O)N[C@@H](CCCN=C(N)N)C(=O)N1CCC[C@H]1C(=O)N[C@@H](C)C(N)=O. The van der Waals surface area contributed by atoms with Gasteiger partial charge in [-0.15, -0.1) is 0 Å². The summed E-state index contributed by atoms with van der Waals surface area (Å²) in [6, 6.07) is 31.0. The summed E-state index contributed by atoms with van der Waals surface area (Å²) >= 11 is 6.28. The molecule has 0 unspecified atom stereocenters. The molecule has 112 heavy (non-hydrogen) atoms. The molecular formula is C80H95ClN18O13. The van der Waals surface area contributed by atoms with E-state index < -0.39 is 132 Å². The molecule has 0 bridgehead atoms. The lowest BCUT2D eigenvalue weighted by Gasteiger charge is -2.30. The van der Waals surface area contributed by atoms with E-state index in [2.05, 4.69) is 62.8 Å². The normalized spacial score (nSPS) is 14.9. The summed E-state index contributed by atoms with van der Waals surface area (Å²) in [5, 5.41) is 50.4. The molecule has 8 aromatic rings. The van der Waals surface area contributed by atoms with Crippen LogP contribution in [0, 0.1) is 0 Å². The van der Waals surface area contributed by atoms with Crippen molar-refractivity contribution in [3.8, 4) is 5.75 Å².